The lowest BCUT2D eigenvalue weighted by molar-refractivity contribution is -0.121. The van der Waals surface area contributed by atoms with E-state index in [-0.39, 0.29) is 24.8 Å². The van der Waals surface area contributed by atoms with Crippen LogP contribution >= 0.6 is 23.2 Å². The van der Waals surface area contributed by atoms with Gasteiger partial charge in [-0.25, -0.2) is 0 Å². The van der Waals surface area contributed by atoms with Crippen molar-refractivity contribution in [1.82, 2.24) is 5.32 Å². The zero-order valence-electron chi connectivity index (χ0n) is 15.5. The van der Waals surface area contributed by atoms with E-state index in [1.807, 2.05) is 25.1 Å². The number of carbonyl (C=O) groups excluding carboxylic acids is 2. The van der Waals surface area contributed by atoms with Crippen LogP contribution in [-0.2, 0) is 15.0 Å². The van der Waals surface area contributed by atoms with Crippen LogP contribution in [0.4, 0.5) is 5.69 Å². The average Bonchev–Trinajstić information content (AvgIpc) is 2.79. The Labute approximate surface area is 174 Å². The van der Waals surface area contributed by atoms with Crippen molar-refractivity contribution in [1.29, 1.82) is 0 Å². The molecule has 4 nitrogen and oxygen atoms in total. The summed E-state index contributed by atoms with van der Waals surface area (Å²) in [4.78, 5) is 25.3. The van der Waals surface area contributed by atoms with Crippen LogP contribution in [-0.4, -0.2) is 18.7 Å². The number of aldehydes is 1. The van der Waals surface area contributed by atoms with Crippen LogP contribution in [0, 0.1) is 5.92 Å². The van der Waals surface area contributed by atoms with Crippen molar-refractivity contribution in [3.8, 4) is 0 Å². The van der Waals surface area contributed by atoms with Crippen molar-refractivity contribution in [2.45, 2.75) is 24.7 Å². The second kappa shape index (κ2) is 7.98. The van der Waals surface area contributed by atoms with Gasteiger partial charge in [0.25, 0.3) is 0 Å². The molecule has 3 atom stereocenters. The van der Waals surface area contributed by atoms with E-state index in [1.165, 1.54) is 0 Å². The number of amides is 1. The zero-order chi connectivity index (χ0) is 20.5. The van der Waals surface area contributed by atoms with Crippen LogP contribution in [0.3, 0.4) is 0 Å². The molecule has 1 amide bonds. The Hall–Kier alpha value is -2.30. The van der Waals surface area contributed by atoms with Gasteiger partial charge in [0.15, 0.2) is 0 Å². The molecule has 0 saturated carbocycles. The first kappa shape index (κ1) is 20.4. The number of nitrogen functional groups attached to an aromatic ring is 1. The van der Waals surface area contributed by atoms with Crippen LogP contribution in [0.1, 0.15) is 30.4 Å². The van der Waals surface area contributed by atoms with Gasteiger partial charge >= 0.3 is 0 Å². The normalized spacial score (nSPS) is 24.9. The summed E-state index contributed by atoms with van der Waals surface area (Å²) in [7, 11) is 0. The van der Waals surface area contributed by atoms with E-state index in [1.54, 1.807) is 24.3 Å². The molecule has 0 unspecified atom stereocenters. The summed E-state index contributed by atoms with van der Waals surface area (Å²) in [5.41, 5.74) is 7.87. The van der Waals surface area contributed by atoms with Crippen LogP contribution in [0.5, 0.6) is 0 Å². The van der Waals surface area contributed by atoms with Crippen LogP contribution in [0.15, 0.2) is 54.6 Å². The fourth-order valence-electron chi connectivity index (χ4n) is 4.28. The van der Waals surface area contributed by atoms with Gasteiger partial charge in [-0.3, -0.25) is 4.79 Å². The van der Waals surface area contributed by atoms with Crippen molar-refractivity contribution in [3.05, 3.63) is 75.8 Å². The fraction of sp³-hybridized carbons (Fsp3) is 0.273. The van der Waals surface area contributed by atoms with Crippen molar-refractivity contribution in [3.63, 3.8) is 0 Å². The Morgan fingerprint density at radius 1 is 1.25 bits per heavy atom. The number of halogens is 2. The van der Waals surface area contributed by atoms with Gasteiger partial charge in [-0.05, 0) is 42.3 Å². The number of nitrogens with one attached hydrogen (secondary N) is 1. The minimum absolute atomic E-state index is 0.128. The number of allylic oxidation sites excluding steroid dienone is 1. The van der Waals surface area contributed by atoms with Gasteiger partial charge < -0.3 is 15.8 Å². The highest BCUT2D eigenvalue weighted by Gasteiger charge is 2.51. The molecule has 0 radical (unpaired) electrons. The molecule has 28 heavy (non-hydrogen) atoms. The lowest BCUT2D eigenvalue weighted by atomic mass is 9.59. The van der Waals surface area contributed by atoms with E-state index in [9.17, 15) is 9.59 Å². The van der Waals surface area contributed by atoms with E-state index < -0.39 is 11.3 Å². The van der Waals surface area contributed by atoms with Gasteiger partial charge in [0, 0.05) is 40.5 Å². The molecule has 1 aliphatic rings. The Morgan fingerprint density at radius 3 is 2.57 bits per heavy atom. The maximum Gasteiger partial charge on any atom is 0.220 e. The van der Waals surface area contributed by atoms with Crippen LogP contribution < -0.4 is 11.1 Å². The smallest absolute Gasteiger partial charge is 0.220 e. The Balaban J connectivity index is 2.34. The standard InChI is InChI=1S/C22H22Cl2N2O2/c1-13(2)18-10-21(28)26-11-19(14-4-3-5-15(23)8-14)22(18,12-27)17-7-6-16(24)9-20(17)25/h3-9,12,18-19H,1,10-11,25H2,2H3,(H,26,28)/t18-,19+,22+/m1/s1. The summed E-state index contributed by atoms with van der Waals surface area (Å²) in [6.45, 7) is 6.20. The molecular formula is C22H22Cl2N2O2. The van der Waals surface area contributed by atoms with Gasteiger partial charge in [-0.2, -0.15) is 0 Å². The molecule has 0 spiro atoms. The minimum atomic E-state index is -1.09. The van der Waals surface area contributed by atoms with E-state index in [2.05, 4.69) is 11.9 Å². The summed E-state index contributed by atoms with van der Waals surface area (Å²) >= 11 is 12.3. The molecule has 1 aliphatic heterocycles. The quantitative estimate of drug-likeness (QED) is 0.437. The highest BCUT2D eigenvalue weighted by atomic mass is 35.5. The van der Waals surface area contributed by atoms with E-state index >= 15 is 0 Å². The predicted octanol–water partition coefficient (Wildman–Crippen LogP) is 4.51. The first-order valence-electron chi connectivity index (χ1n) is 8.99. The SMILES string of the molecule is C=C(C)[C@H]1CC(=O)NC[C@@H](c2cccc(Cl)c2)[C@@]1(C=O)c1ccc(Cl)cc1N. The first-order valence-corrected chi connectivity index (χ1v) is 9.74. The molecule has 146 valence electrons. The van der Waals surface area contributed by atoms with Crippen LogP contribution in [0.2, 0.25) is 10.0 Å². The topological polar surface area (TPSA) is 72.2 Å². The third-order valence-electron chi connectivity index (χ3n) is 5.57. The van der Waals surface area contributed by atoms with Crippen molar-refractivity contribution >= 4 is 41.1 Å². The molecule has 3 N–H and O–H groups in total. The molecule has 2 aromatic rings. The number of benzene rings is 2. The summed E-state index contributed by atoms with van der Waals surface area (Å²) in [6, 6.07) is 12.5. The monoisotopic (exact) mass is 416 g/mol. The fourth-order valence-corrected chi connectivity index (χ4v) is 4.66. The van der Waals surface area contributed by atoms with Crippen LogP contribution in [0.25, 0.3) is 0 Å². The van der Waals surface area contributed by atoms with Gasteiger partial charge in [-0.1, -0.05) is 53.6 Å². The minimum Gasteiger partial charge on any atom is -0.398 e. The molecule has 1 heterocycles. The first-order chi connectivity index (χ1) is 13.3. The molecule has 2 aromatic carbocycles. The summed E-state index contributed by atoms with van der Waals surface area (Å²) in [5.74, 6) is -0.934. The second-order valence-corrected chi connectivity index (χ2v) is 8.17. The second-order valence-electron chi connectivity index (χ2n) is 7.30. The Morgan fingerprint density at radius 2 is 1.96 bits per heavy atom. The summed E-state index contributed by atoms with van der Waals surface area (Å²) in [5, 5.41) is 3.98. The number of carbonyl (C=O) groups is 2. The lowest BCUT2D eigenvalue weighted by Gasteiger charge is -2.42. The van der Waals surface area contributed by atoms with Crippen molar-refractivity contribution in [2.75, 3.05) is 12.3 Å². The number of anilines is 1. The van der Waals surface area contributed by atoms with Crippen molar-refractivity contribution in [2.24, 2.45) is 5.92 Å². The summed E-state index contributed by atoms with van der Waals surface area (Å²) in [6.07, 6.45) is 1.06. The number of hydrogen-bond acceptors (Lipinski definition) is 3. The van der Waals surface area contributed by atoms with E-state index in [0.29, 0.717) is 21.3 Å². The molecule has 1 fully saturated rings. The number of nitrogens with two attached hydrogens (primary N) is 1. The summed E-state index contributed by atoms with van der Waals surface area (Å²) < 4.78 is 0. The Bertz CT molecular complexity index is 944. The van der Waals surface area contributed by atoms with Gasteiger partial charge in [0.05, 0.1) is 5.41 Å². The molecule has 1 saturated heterocycles. The predicted molar refractivity (Wildman–Crippen MR) is 114 cm³/mol. The third kappa shape index (κ3) is 3.54. The van der Waals surface area contributed by atoms with Gasteiger partial charge in [0.1, 0.15) is 6.29 Å². The molecule has 3 rings (SSSR count). The lowest BCUT2D eigenvalue weighted by Crippen LogP contribution is -2.45. The Kier molecular flexibility index (Phi) is 5.82. The molecular weight excluding hydrogens is 395 g/mol. The highest BCUT2D eigenvalue weighted by Crippen LogP contribution is 2.50. The molecule has 0 aliphatic carbocycles. The van der Waals surface area contributed by atoms with Gasteiger partial charge in [0.2, 0.25) is 5.91 Å². The van der Waals surface area contributed by atoms with Crippen molar-refractivity contribution < 1.29 is 9.59 Å². The highest BCUT2D eigenvalue weighted by molar-refractivity contribution is 6.31. The largest absolute Gasteiger partial charge is 0.398 e. The third-order valence-corrected chi connectivity index (χ3v) is 6.04. The molecule has 6 heteroatoms. The zero-order valence-corrected chi connectivity index (χ0v) is 17.1. The maximum absolute atomic E-state index is 12.9. The molecule has 0 bridgehead atoms. The van der Waals surface area contributed by atoms with Gasteiger partial charge in [-0.15, -0.1) is 0 Å². The van der Waals surface area contributed by atoms with E-state index in [0.717, 1.165) is 17.4 Å². The average molecular weight is 417 g/mol. The maximum atomic E-state index is 12.9. The van der Waals surface area contributed by atoms with E-state index in [4.69, 9.17) is 28.9 Å². The number of rotatable bonds is 4. The number of hydrogen-bond donors (Lipinski definition) is 2. The molecule has 0 aromatic heterocycles.